The van der Waals surface area contributed by atoms with Gasteiger partial charge in [-0.3, -0.25) is 0 Å². The van der Waals surface area contributed by atoms with E-state index in [-0.39, 0.29) is 5.75 Å². The van der Waals surface area contributed by atoms with E-state index in [1.54, 1.807) is 18.2 Å². The molecule has 0 unspecified atom stereocenters. The standard InChI is InChI=1S/C13H14O3/c14-12-8-4-3-6-10(12)9-5-1-2-7-11(9)13(15)16/h3-4,6,8,14H,1-2,5,7H2,(H,15,16). The van der Waals surface area contributed by atoms with Gasteiger partial charge in [-0.05, 0) is 37.3 Å². The molecule has 1 aromatic carbocycles. The Balaban J connectivity index is 2.52. The smallest absolute Gasteiger partial charge is 0.331 e. The summed E-state index contributed by atoms with van der Waals surface area (Å²) < 4.78 is 0. The Morgan fingerprint density at radius 2 is 1.81 bits per heavy atom. The van der Waals surface area contributed by atoms with Crippen LogP contribution < -0.4 is 0 Å². The fraction of sp³-hybridized carbons (Fsp3) is 0.308. The molecule has 84 valence electrons. The second-order valence-corrected chi connectivity index (χ2v) is 3.99. The molecular weight excluding hydrogens is 204 g/mol. The van der Waals surface area contributed by atoms with E-state index in [0.29, 0.717) is 17.6 Å². The molecule has 0 amide bonds. The third-order valence-electron chi connectivity index (χ3n) is 2.96. The third-order valence-corrected chi connectivity index (χ3v) is 2.96. The molecule has 0 saturated heterocycles. The molecule has 0 spiro atoms. The Labute approximate surface area is 94.0 Å². The van der Waals surface area contributed by atoms with E-state index in [4.69, 9.17) is 5.11 Å². The number of carboxylic acid groups (broad SMARTS) is 1. The van der Waals surface area contributed by atoms with Crippen molar-refractivity contribution in [2.75, 3.05) is 0 Å². The maximum absolute atomic E-state index is 11.1. The molecule has 0 aromatic heterocycles. The molecule has 3 heteroatoms. The predicted molar refractivity (Wildman–Crippen MR) is 61.1 cm³/mol. The van der Waals surface area contributed by atoms with Crippen LogP contribution in [0.25, 0.3) is 5.57 Å². The molecule has 0 atom stereocenters. The SMILES string of the molecule is O=C(O)C1=C(c2ccccc2O)CCCC1. The summed E-state index contributed by atoms with van der Waals surface area (Å²) in [5.41, 5.74) is 1.91. The summed E-state index contributed by atoms with van der Waals surface area (Å²) in [5.74, 6) is -0.698. The molecule has 3 nitrogen and oxygen atoms in total. The van der Waals surface area contributed by atoms with Gasteiger partial charge in [0, 0.05) is 11.1 Å². The first-order valence-corrected chi connectivity index (χ1v) is 5.44. The Kier molecular flexibility index (Phi) is 2.95. The number of benzene rings is 1. The molecule has 2 N–H and O–H groups in total. The number of hydrogen-bond acceptors (Lipinski definition) is 2. The van der Waals surface area contributed by atoms with E-state index in [1.165, 1.54) is 0 Å². The summed E-state index contributed by atoms with van der Waals surface area (Å²) in [6.07, 6.45) is 3.23. The Morgan fingerprint density at radius 3 is 2.50 bits per heavy atom. The molecule has 0 fully saturated rings. The Morgan fingerprint density at radius 1 is 1.12 bits per heavy atom. The van der Waals surface area contributed by atoms with Crippen LogP contribution in [0.15, 0.2) is 29.8 Å². The van der Waals surface area contributed by atoms with Crippen LogP contribution >= 0.6 is 0 Å². The molecule has 1 aliphatic rings. The van der Waals surface area contributed by atoms with Gasteiger partial charge in [-0.2, -0.15) is 0 Å². The molecular formula is C13H14O3. The molecule has 1 aromatic rings. The van der Waals surface area contributed by atoms with Crippen molar-refractivity contribution in [3.8, 4) is 5.75 Å². The van der Waals surface area contributed by atoms with Crippen molar-refractivity contribution >= 4 is 11.5 Å². The molecule has 0 radical (unpaired) electrons. The highest BCUT2D eigenvalue weighted by Gasteiger charge is 2.20. The summed E-state index contributed by atoms with van der Waals surface area (Å²) >= 11 is 0. The highest BCUT2D eigenvalue weighted by molar-refractivity contribution is 5.97. The number of hydrogen-bond donors (Lipinski definition) is 2. The van der Waals surface area contributed by atoms with Gasteiger partial charge in [0.2, 0.25) is 0 Å². The van der Waals surface area contributed by atoms with Gasteiger partial charge >= 0.3 is 5.97 Å². The minimum atomic E-state index is -0.863. The largest absolute Gasteiger partial charge is 0.507 e. The van der Waals surface area contributed by atoms with Gasteiger partial charge in [-0.25, -0.2) is 4.79 Å². The number of para-hydroxylation sites is 1. The quantitative estimate of drug-likeness (QED) is 0.802. The monoisotopic (exact) mass is 218 g/mol. The third kappa shape index (κ3) is 1.94. The van der Waals surface area contributed by atoms with Crippen LogP contribution in [0.1, 0.15) is 31.2 Å². The molecule has 0 saturated carbocycles. The summed E-state index contributed by atoms with van der Waals surface area (Å²) in [4.78, 5) is 11.1. The molecule has 1 aliphatic carbocycles. The van der Waals surface area contributed by atoms with E-state index < -0.39 is 5.97 Å². The van der Waals surface area contributed by atoms with Crippen molar-refractivity contribution in [1.29, 1.82) is 0 Å². The van der Waals surface area contributed by atoms with Crippen molar-refractivity contribution in [3.63, 3.8) is 0 Å². The molecule has 0 bridgehead atoms. The lowest BCUT2D eigenvalue weighted by Crippen LogP contribution is -2.08. The van der Waals surface area contributed by atoms with Crippen LogP contribution in [-0.2, 0) is 4.79 Å². The predicted octanol–water partition coefficient (Wildman–Crippen LogP) is 2.80. The average Bonchev–Trinajstić information content (AvgIpc) is 2.29. The highest BCUT2D eigenvalue weighted by atomic mass is 16.4. The van der Waals surface area contributed by atoms with E-state index in [9.17, 15) is 9.90 Å². The van der Waals surface area contributed by atoms with Gasteiger partial charge in [-0.1, -0.05) is 18.2 Å². The summed E-state index contributed by atoms with van der Waals surface area (Å²) in [5, 5.41) is 18.9. The van der Waals surface area contributed by atoms with Crippen molar-refractivity contribution in [1.82, 2.24) is 0 Å². The molecule has 2 rings (SSSR count). The normalized spacial score (nSPS) is 16.2. The fourth-order valence-corrected chi connectivity index (χ4v) is 2.17. The van der Waals surface area contributed by atoms with Crippen LogP contribution in [0.5, 0.6) is 5.75 Å². The number of rotatable bonds is 2. The summed E-state index contributed by atoms with van der Waals surface area (Å²) in [6.45, 7) is 0. The van der Waals surface area contributed by atoms with Crippen molar-refractivity contribution in [2.45, 2.75) is 25.7 Å². The van der Waals surface area contributed by atoms with Gasteiger partial charge in [0.25, 0.3) is 0 Å². The van der Waals surface area contributed by atoms with E-state index in [0.717, 1.165) is 24.8 Å². The molecule has 0 heterocycles. The fourth-order valence-electron chi connectivity index (χ4n) is 2.17. The summed E-state index contributed by atoms with van der Waals surface area (Å²) in [7, 11) is 0. The number of carbonyl (C=O) groups is 1. The second-order valence-electron chi connectivity index (χ2n) is 3.99. The van der Waals surface area contributed by atoms with Crippen LogP contribution in [0.3, 0.4) is 0 Å². The van der Waals surface area contributed by atoms with Crippen molar-refractivity contribution < 1.29 is 15.0 Å². The minimum Gasteiger partial charge on any atom is -0.507 e. The van der Waals surface area contributed by atoms with Gasteiger partial charge < -0.3 is 10.2 Å². The Hall–Kier alpha value is -1.77. The lowest BCUT2D eigenvalue weighted by molar-refractivity contribution is -0.132. The van der Waals surface area contributed by atoms with Crippen molar-refractivity contribution in [3.05, 3.63) is 35.4 Å². The van der Waals surface area contributed by atoms with Gasteiger partial charge in [0.1, 0.15) is 5.75 Å². The highest BCUT2D eigenvalue weighted by Crippen LogP contribution is 2.36. The van der Waals surface area contributed by atoms with E-state index >= 15 is 0 Å². The van der Waals surface area contributed by atoms with Gasteiger partial charge in [0.05, 0.1) is 0 Å². The maximum Gasteiger partial charge on any atom is 0.331 e. The zero-order valence-electron chi connectivity index (χ0n) is 8.94. The van der Waals surface area contributed by atoms with E-state index in [1.807, 2.05) is 6.07 Å². The summed E-state index contributed by atoms with van der Waals surface area (Å²) in [6, 6.07) is 6.92. The average molecular weight is 218 g/mol. The number of aromatic hydroxyl groups is 1. The number of carboxylic acids is 1. The van der Waals surface area contributed by atoms with Crippen molar-refractivity contribution in [2.24, 2.45) is 0 Å². The van der Waals surface area contributed by atoms with Crippen LogP contribution in [0, 0.1) is 0 Å². The first-order chi connectivity index (χ1) is 7.70. The minimum absolute atomic E-state index is 0.165. The first-order valence-electron chi connectivity index (χ1n) is 5.44. The van der Waals surface area contributed by atoms with Crippen LogP contribution in [-0.4, -0.2) is 16.2 Å². The topological polar surface area (TPSA) is 57.5 Å². The zero-order valence-corrected chi connectivity index (χ0v) is 8.94. The Bertz CT molecular complexity index is 446. The maximum atomic E-state index is 11.1. The second kappa shape index (κ2) is 4.39. The lowest BCUT2D eigenvalue weighted by Gasteiger charge is -2.18. The lowest BCUT2D eigenvalue weighted by atomic mass is 9.87. The molecule has 0 aliphatic heterocycles. The molecule has 16 heavy (non-hydrogen) atoms. The van der Waals surface area contributed by atoms with Gasteiger partial charge in [0.15, 0.2) is 0 Å². The number of phenols is 1. The van der Waals surface area contributed by atoms with Gasteiger partial charge in [-0.15, -0.1) is 0 Å². The van der Waals surface area contributed by atoms with E-state index in [2.05, 4.69) is 0 Å². The van der Waals surface area contributed by atoms with Crippen LogP contribution in [0.2, 0.25) is 0 Å². The number of aliphatic carboxylic acids is 1. The van der Waals surface area contributed by atoms with Crippen LogP contribution in [0.4, 0.5) is 0 Å². The first kappa shape index (κ1) is 10.7. The zero-order chi connectivity index (χ0) is 11.5. The number of phenolic OH excluding ortho intramolecular Hbond substituents is 1. The number of allylic oxidation sites excluding steroid dienone is 1.